The largest absolute Gasteiger partial charge is 0.448 e. The van der Waals surface area contributed by atoms with Crippen LogP contribution in [0.15, 0.2) is 29.2 Å². The molecule has 0 bridgehead atoms. The predicted molar refractivity (Wildman–Crippen MR) is 60.5 cm³/mol. The van der Waals surface area contributed by atoms with Gasteiger partial charge in [0.1, 0.15) is 13.8 Å². The molecule has 0 N–H and O–H groups in total. The monoisotopic (exact) mass is 205 g/mol. The molecule has 0 fully saturated rings. The van der Waals surface area contributed by atoms with Gasteiger partial charge in [0.15, 0.2) is 6.39 Å². The van der Waals surface area contributed by atoms with Gasteiger partial charge in [0.05, 0.1) is 6.20 Å². The molecule has 0 aliphatic carbocycles. The van der Waals surface area contributed by atoms with Crippen LogP contribution < -0.4 is 0 Å². The van der Waals surface area contributed by atoms with Gasteiger partial charge < -0.3 is 4.42 Å². The summed E-state index contributed by atoms with van der Waals surface area (Å²) in [6, 6.07) is 0. The van der Waals surface area contributed by atoms with Crippen molar-refractivity contribution < 1.29 is 4.42 Å². The molecule has 0 aromatic carbocycles. The first-order valence-electron chi connectivity index (χ1n) is 4.63. The number of aromatic nitrogens is 1. The highest BCUT2D eigenvalue weighted by molar-refractivity contribution is 6.83. The lowest BCUT2D eigenvalue weighted by atomic mass is 10.3. The maximum absolute atomic E-state index is 5.08. The van der Waals surface area contributed by atoms with E-state index in [1.807, 2.05) is 12.2 Å². The molecule has 0 spiro atoms. The minimum Gasteiger partial charge on any atom is -0.448 e. The first-order chi connectivity index (χ1) is 6.58. The number of allylic oxidation sites excluding steroid dienone is 2. The van der Waals surface area contributed by atoms with Gasteiger partial charge in [-0.15, -0.1) is 5.54 Å². The third kappa shape index (κ3) is 4.68. The molecule has 1 rings (SSSR count). The molecule has 14 heavy (non-hydrogen) atoms. The second-order valence-electron chi connectivity index (χ2n) is 4.09. The van der Waals surface area contributed by atoms with Crippen molar-refractivity contribution in [1.29, 1.82) is 0 Å². The van der Waals surface area contributed by atoms with Crippen molar-refractivity contribution in [2.45, 2.75) is 26.1 Å². The summed E-state index contributed by atoms with van der Waals surface area (Å²) < 4.78 is 5.08. The molecule has 0 radical (unpaired) electrons. The summed E-state index contributed by atoms with van der Waals surface area (Å²) in [4.78, 5) is 3.83. The fourth-order valence-electron chi connectivity index (χ4n) is 0.835. The van der Waals surface area contributed by atoms with Crippen molar-refractivity contribution in [2.24, 2.45) is 0 Å². The Morgan fingerprint density at radius 1 is 1.50 bits per heavy atom. The Bertz CT molecular complexity index is 349. The van der Waals surface area contributed by atoms with E-state index in [0.717, 1.165) is 12.2 Å². The lowest BCUT2D eigenvalue weighted by molar-refractivity contribution is 0.516. The SMILES string of the molecule is C[Si](C)(C)C#C/C=C/Cc1cnco1. The van der Waals surface area contributed by atoms with E-state index in [2.05, 4.69) is 36.1 Å². The predicted octanol–water partition coefficient (Wildman–Crippen LogP) is 2.65. The van der Waals surface area contributed by atoms with E-state index in [9.17, 15) is 0 Å². The molecule has 0 atom stereocenters. The molecule has 1 aromatic heterocycles. The Morgan fingerprint density at radius 3 is 2.86 bits per heavy atom. The van der Waals surface area contributed by atoms with Gasteiger partial charge in [-0.3, -0.25) is 0 Å². The Kier molecular flexibility index (Phi) is 3.72. The number of hydrogen-bond donors (Lipinski definition) is 0. The van der Waals surface area contributed by atoms with Crippen molar-refractivity contribution in [1.82, 2.24) is 4.98 Å². The van der Waals surface area contributed by atoms with Gasteiger partial charge >= 0.3 is 0 Å². The van der Waals surface area contributed by atoms with E-state index in [0.29, 0.717) is 0 Å². The quantitative estimate of drug-likeness (QED) is 0.548. The van der Waals surface area contributed by atoms with Gasteiger partial charge in [-0.05, 0) is 6.08 Å². The first-order valence-corrected chi connectivity index (χ1v) is 8.13. The van der Waals surface area contributed by atoms with Gasteiger partial charge in [0.2, 0.25) is 0 Å². The van der Waals surface area contributed by atoms with Gasteiger partial charge in [-0.2, -0.15) is 0 Å². The van der Waals surface area contributed by atoms with E-state index in [4.69, 9.17) is 4.42 Å². The highest BCUT2D eigenvalue weighted by atomic mass is 28.3. The summed E-state index contributed by atoms with van der Waals surface area (Å²) in [5, 5.41) is 0. The van der Waals surface area contributed by atoms with Crippen LogP contribution in [-0.4, -0.2) is 13.1 Å². The topological polar surface area (TPSA) is 26.0 Å². The zero-order valence-corrected chi connectivity index (χ0v) is 9.87. The van der Waals surface area contributed by atoms with E-state index >= 15 is 0 Å². The summed E-state index contributed by atoms with van der Waals surface area (Å²) in [7, 11) is -1.22. The van der Waals surface area contributed by atoms with Crippen LogP contribution in [0.3, 0.4) is 0 Å². The fraction of sp³-hybridized carbons (Fsp3) is 0.364. The molecule has 3 heteroatoms. The molecule has 0 unspecified atom stereocenters. The third-order valence-electron chi connectivity index (χ3n) is 1.45. The second kappa shape index (κ2) is 4.82. The zero-order valence-electron chi connectivity index (χ0n) is 8.87. The lowest BCUT2D eigenvalue weighted by Crippen LogP contribution is -2.16. The average molecular weight is 205 g/mol. The minimum absolute atomic E-state index is 0.764. The maximum Gasteiger partial charge on any atom is 0.180 e. The van der Waals surface area contributed by atoms with Crippen LogP contribution in [0.25, 0.3) is 0 Å². The highest BCUT2D eigenvalue weighted by Gasteiger charge is 2.06. The van der Waals surface area contributed by atoms with Crippen molar-refractivity contribution in [3.63, 3.8) is 0 Å². The van der Waals surface area contributed by atoms with Crippen LogP contribution >= 0.6 is 0 Å². The third-order valence-corrected chi connectivity index (χ3v) is 2.35. The summed E-state index contributed by atoms with van der Waals surface area (Å²) in [6.45, 7) is 6.68. The van der Waals surface area contributed by atoms with Crippen molar-refractivity contribution >= 4 is 8.07 Å². The van der Waals surface area contributed by atoms with Crippen LogP contribution in [0.5, 0.6) is 0 Å². The molecule has 0 saturated carbocycles. The Hall–Kier alpha value is -1.27. The molecule has 2 nitrogen and oxygen atoms in total. The second-order valence-corrected chi connectivity index (χ2v) is 8.84. The number of nitrogens with zero attached hydrogens (tertiary/aromatic N) is 1. The van der Waals surface area contributed by atoms with Crippen LogP contribution in [0, 0.1) is 11.5 Å². The van der Waals surface area contributed by atoms with E-state index in [1.165, 1.54) is 6.39 Å². The van der Waals surface area contributed by atoms with Gasteiger partial charge in [0.25, 0.3) is 0 Å². The molecule has 74 valence electrons. The van der Waals surface area contributed by atoms with Crippen molar-refractivity contribution in [3.05, 3.63) is 30.5 Å². The normalized spacial score (nSPS) is 11.4. The van der Waals surface area contributed by atoms with E-state index in [-0.39, 0.29) is 0 Å². The van der Waals surface area contributed by atoms with Crippen LogP contribution in [0.1, 0.15) is 5.76 Å². The Labute approximate surface area is 86.1 Å². The van der Waals surface area contributed by atoms with Crippen LogP contribution in [-0.2, 0) is 6.42 Å². The summed E-state index contributed by atoms with van der Waals surface area (Å²) >= 11 is 0. The molecule has 1 heterocycles. The Balaban J connectivity index is 2.38. The van der Waals surface area contributed by atoms with Gasteiger partial charge in [-0.1, -0.05) is 31.6 Å². The van der Waals surface area contributed by atoms with Crippen LogP contribution in [0.2, 0.25) is 19.6 Å². The molecule has 0 amide bonds. The van der Waals surface area contributed by atoms with E-state index in [1.54, 1.807) is 6.20 Å². The molecule has 0 aliphatic heterocycles. The molecule has 0 aliphatic rings. The lowest BCUT2D eigenvalue weighted by Gasteiger charge is -2.01. The molecule has 1 aromatic rings. The van der Waals surface area contributed by atoms with Crippen molar-refractivity contribution in [2.75, 3.05) is 0 Å². The number of hydrogen-bond acceptors (Lipinski definition) is 2. The minimum atomic E-state index is -1.22. The fourth-order valence-corrected chi connectivity index (χ4v) is 1.35. The van der Waals surface area contributed by atoms with Crippen LogP contribution in [0.4, 0.5) is 0 Å². The first kappa shape index (κ1) is 10.8. The summed E-state index contributed by atoms with van der Waals surface area (Å²) in [5.41, 5.74) is 3.26. The maximum atomic E-state index is 5.08. The average Bonchev–Trinajstić information content (AvgIpc) is 2.54. The standard InChI is InChI=1S/C11H15NOSi/c1-14(2,3)8-6-4-5-7-11-9-12-10-13-11/h4-5,9-10H,7H2,1-3H3/b5-4+. The highest BCUT2D eigenvalue weighted by Crippen LogP contribution is 1.98. The molecule has 0 saturated heterocycles. The summed E-state index contributed by atoms with van der Waals surface area (Å²) in [5.74, 6) is 3.93. The van der Waals surface area contributed by atoms with Crippen molar-refractivity contribution in [3.8, 4) is 11.5 Å². The van der Waals surface area contributed by atoms with Gasteiger partial charge in [-0.25, -0.2) is 4.98 Å². The Morgan fingerprint density at radius 2 is 2.29 bits per heavy atom. The molecular weight excluding hydrogens is 190 g/mol. The zero-order chi connectivity index (χ0) is 10.4. The van der Waals surface area contributed by atoms with Gasteiger partial charge in [0, 0.05) is 6.42 Å². The molecular formula is C11H15NOSi. The smallest absolute Gasteiger partial charge is 0.180 e. The summed E-state index contributed by atoms with van der Waals surface area (Å²) in [6.07, 6.45) is 7.81. The number of rotatable bonds is 2. The number of oxazole rings is 1. The van der Waals surface area contributed by atoms with E-state index < -0.39 is 8.07 Å².